The van der Waals surface area contributed by atoms with Crippen LogP contribution in [-0.4, -0.2) is 37.8 Å². The van der Waals surface area contributed by atoms with Crippen LogP contribution in [0.25, 0.3) is 0 Å². The minimum absolute atomic E-state index is 0.109. The molecule has 150 valence electrons. The Kier molecular flexibility index (Phi) is 4.60. The van der Waals surface area contributed by atoms with E-state index in [9.17, 15) is 19.2 Å². The van der Waals surface area contributed by atoms with Crippen molar-refractivity contribution < 1.29 is 28.7 Å². The number of nitrogens with one attached hydrogen (secondary N) is 1. The molecule has 7 heteroatoms. The zero-order valence-corrected chi connectivity index (χ0v) is 16.8. The minimum Gasteiger partial charge on any atom is -0.465 e. The van der Waals surface area contributed by atoms with Gasteiger partial charge in [0.15, 0.2) is 0 Å². The molecule has 2 fully saturated rings. The molecule has 0 radical (unpaired) electrons. The van der Waals surface area contributed by atoms with Crippen molar-refractivity contribution in [3.05, 3.63) is 29.3 Å². The molecule has 2 bridgehead atoms. The van der Waals surface area contributed by atoms with Crippen molar-refractivity contribution in [2.24, 2.45) is 16.2 Å². The first kappa shape index (κ1) is 20.0. The van der Waals surface area contributed by atoms with Crippen LogP contribution in [0.4, 0.5) is 5.69 Å². The smallest absolute Gasteiger partial charge is 0.337 e. The second-order valence-electron chi connectivity index (χ2n) is 8.38. The fourth-order valence-electron chi connectivity index (χ4n) is 4.78. The Hall–Kier alpha value is -2.70. The molecule has 2 aliphatic rings. The molecule has 0 heterocycles. The predicted octanol–water partition coefficient (Wildman–Crippen LogP) is 2.98. The first-order valence-corrected chi connectivity index (χ1v) is 9.19. The van der Waals surface area contributed by atoms with Crippen molar-refractivity contribution in [1.82, 2.24) is 0 Å². The number of rotatable bonds is 4. The van der Waals surface area contributed by atoms with E-state index in [-0.39, 0.29) is 34.9 Å². The van der Waals surface area contributed by atoms with Crippen LogP contribution < -0.4 is 5.32 Å². The van der Waals surface area contributed by atoms with Crippen molar-refractivity contribution in [2.75, 3.05) is 19.5 Å². The monoisotopic (exact) mass is 387 g/mol. The number of methoxy groups -OCH3 is 2. The number of amides is 1. The summed E-state index contributed by atoms with van der Waals surface area (Å²) in [6.07, 6.45) is 1.49. The van der Waals surface area contributed by atoms with Crippen LogP contribution >= 0.6 is 0 Å². The van der Waals surface area contributed by atoms with E-state index in [1.54, 1.807) is 0 Å². The van der Waals surface area contributed by atoms with Crippen molar-refractivity contribution in [1.29, 1.82) is 0 Å². The quantitative estimate of drug-likeness (QED) is 0.798. The number of benzene rings is 1. The Balaban J connectivity index is 1.98. The molecule has 1 aromatic rings. The fraction of sp³-hybridized carbons (Fsp3) is 0.524. The van der Waals surface area contributed by atoms with Crippen LogP contribution in [0.15, 0.2) is 18.2 Å². The maximum Gasteiger partial charge on any atom is 0.337 e. The molecule has 0 aliphatic heterocycles. The van der Waals surface area contributed by atoms with E-state index in [0.717, 1.165) is 0 Å². The lowest BCUT2D eigenvalue weighted by Gasteiger charge is -2.38. The normalized spacial score (nSPS) is 27.4. The Labute approximate surface area is 163 Å². The molecule has 0 aromatic heterocycles. The molecular formula is C21H25NO6. The molecule has 28 heavy (non-hydrogen) atoms. The van der Waals surface area contributed by atoms with Crippen LogP contribution in [0.1, 0.15) is 60.7 Å². The number of ether oxygens (including phenoxy) is 2. The Morgan fingerprint density at radius 3 is 1.86 bits per heavy atom. The molecule has 1 N–H and O–H groups in total. The van der Waals surface area contributed by atoms with E-state index >= 15 is 0 Å². The van der Waals surface area contributed by atoms with E-state index in [1.807, 2.05) is 20.8 Å². The highest BCUT2D eigenvalue weighted by Crippen LogP contribution is 2.70. The largest absolute Gasteiger partial charge is 0.465 e. The SMILES string of the molecule is COC(=O)c1cc(NC(=O)[C@]23CC[C@](C)(C(=O)C2)C3(C)C)cc(C(=O)OC)c1. The van der Waals surface area contributed by atoms with Gasteiger partial charge in [-0.25, -0.2) is 9.59 Å². The number of fused-ring (bicyclic) bond motifs is 2. The standard InChI is InChI=1S/C21H25NO6/c1-19(2)20(3)6-7-21(19,11-15(20)23)18(26)22-14-9-12(16(24)27-4)8-13(10-14)17(25)28-5/h8-10H,6-7,11H2,1-5H3,(H,22,26)/t20-,21+/m1/s1. The summed E-state index contributed by atoms with van der Waals surface area (Å²) in [7, 11) is 2.47. The summed E-state index contributed by atoms with van der Waals surface area (Å²) in [5.74, 6) is -1.43. The van der Waals surface area contributed by atoms with Gasteiger partial charge >= 0.3 is 11.9 Å². The third-order valence-electron chi connectivity index (χ3n) is 7.17. The molecule has 2 atom stereocenters. The topological polar surface area (TPSA) is 98.8 Å². The summed E-state index contributed by atoms with van der Waals surface area (Å²) in [6.45, 7) is 5.87. The Bertz CT molecular complexity index is 855. The zero-order valence-electron chi connectivity index (χ0n) is 16.8. The third-order valence-corrected chi connectivity index (χ3v) is 7.17. The zero-order chi connectivity index (χ0) is 20.9. The molecule has 3 rings (SSSR count). The summed E-state index contributed by atoms with van der Waals surface area (Å²) in [6, 6.07) is 4.25. The molecule has 0 saturated heterocycles. The van der Waals surface area contributed by atoms with E-state index < -0.39 is 28.2 Å². The number of hydrogen-bond donors (Lipinski definition) is 1. The third kappa shape index (κ3) is 2.56. The molecule has 0 spiro atoms. The lowest BCUT2D eigenvalue weighted by Crippen LogP contribution is -2.43. The lowest BCUT2D eigenvalue weighted by atomic mass is 9.64. The second kappa shape index (κ2) is 6.43. The van der Waals surface area contributed by atoms with E-state index in [4.69, 9.17) is 9.47 Å². The number of ketones is 1. The van der Waals surface area contributed by atoms with Crippen LogP contribution in [-0.2, 0) is 19.1 Å². The highest BCUT2D eigenvalue weighted by Gasteiger charge is 2.72. The highest BCUT2D eigenvalue weighted by molar-refractivity contribution is 6.06. The van der Waals surface area contributed by atoms with Crippen molar-refractivity contribution in [3.8, 4) is 0 Å². The molecule has 1 amide bonds. The minimum atomic E-state index is -0.814. The summed E-state index contributed by atoms with van der Waals surface area (Å²) < 4.78 is 9.45. The number of anilines is 1. The fourth-order valence-corrected chi connectivity index (χ4v) is 4.78. The molecule has 1 aromatic carbocycles. The molecule has 2 aliphatic carbocycles. The molecular weight excluding hydrogens is 362 g/mol. The molecule has 2 saturated carbocycles. The maximum absolute atomic E-state index is 13.3. The van der Waals surface area contributed by atoms with Gasteiger partial charge in [0, 0.05) is 17.5 Å². The van der Waals surface area contributed by atoms with Gasteiger partial charge < -0.3 is 14.8 Å². The van der Waals surface area contributed by atoms with Gasteiger partial charge in [-0.05, 0) is 36.5 Å². The predicted molar refractivity (Wildman–Crippen MR) is 101 cm³/mol. The molecule has 0 unspecified atom stereocenters. The Morgan fingerprint density at radius 1 is 0.929 bits per heavy atom. The number of Topliss-reactive ketones (excluding diaryl/α,β-unsaturated/α-hetero) is 1. The first-order valence-electron chi connectivity index (χ1n) is 9.19. The van der Waals surface area contributed by atoms with Crippen LogP contribution in [0, 0.1) is 16.2 Å². The van der Waals surface area contributed by atoms with Crippen LogP contribution in [0.3, 0.4) is 0 Å². The highest BCUT2D eigenvalue weighted by atomic mass is 16.5. The summed E-state index contributed by atoms with van der Waals surface area (Å²) in [5, 5.41) is 2.83. The van der Waals surface area contributed by atoms with Crippen molar-refractivity contribution in [2.45, 2.75) is 40.0 Å². The van der Waals surface area contributed by atoms with Gasteiger partial charge in [0.2, 0.25) is 5.91 Å². The number of hydrogen-bond acceptors (Lipinski definition) is 6. The van der Waals surface area contributed by atoms with E-state index in [2.05, 4.69) is 5.32 Å². The first-order chi connectivity index (χ1) is 13.0. The average Bonchev–Trinajstić information content (AvgIpc) is 2.96. The van der Waals surface area contributed by atoms with Gasteiger partial charge in [0.25, 0.3) is 0 Å². The van der Waals surface area contributed by atoms with Crippen molar-refractivity contribution >= 4 is 29.3 Å². The van der Waals surface area contributed by atoms with Crippen molar-refractivity contribution in [3.63, 3.8) is 0 Å². The summed E-state index contributed by atoms with van der Waals surface area (Å²) in [4.78, 5) is 49.8. The van der Waals surface area contributed by atoms with Gasteiger partial charge in [0.05, 0.1) is 30.8 Å². The maximum atomic E-state index is 13.3. The van der Waals surface area contributed by atoms with Crippen LogP contribution in [0.5, 0.6) is 0 Å². The van der Waals surface area contributed by atoms with Gasteiger partial charge in [-0.15, -0.1) is 0 Å². The Morgan fingerprint density at radius 2 is 1.46 bits per heavy atom. The molecule has 7 nitrogen and oxygen atoms in total. The van der Waals surface area contributed by atoms with Crippen LogP contribution in [0.2, 0.25) is 0 Å². The number of carbonyl (C=O) groups excluding carboxylic acids is 4. The van der Waals surface area contributed by atoms with Gasteiger partial charge in [-0.2, -0.15) is 0 Å². The average molecular weight is 387 g/mol. The van der Waals surface area contributed by atoms with Gasteiger partial charge in [0.1, 0.15) is 5.78 Å². The second-order valence-corrected chi connectivity index (χ2v) is 8.38. The number of carbonyl (C=O) groups is 4. The van der Waals surface area contributed by atoms with E-state index in [1.165, 1.54) is 32.4 Å². The van der Waals surface area contributed by atoms with Gasteiger partial charge in [-0.1, -0.05) is 20.8 Å². The van der Waals surface area contributed by atoms with E-state index in [0.29, 0.717) is 12.8 Å². The lowest BCUT2D eigenvalue weighted by molar-refractivity contribution is -0.131. The summed E-state index contributed by atoms with van der Waals surface area (Å²) in [5.41, 5.74) is -1.30. The van der Waals surface area contributed by atoms with Gasteiger partial charge in [-0.3, -0.25) is 9.59 Å². The summed E-state index contributed by atoms with van der Waals surface area (Å²) >= 11 is 0. The number of esters is 2.